The molecule has 2 heterocycles. The summed E-state index contributed by atoms with van der Waals surface area (Å²) in [5.41, 5.74) is 8.32. The van der Waals surface area contributed by atoms with E-state index in [1.807, 2.05) is 0 Å². The lowest BCUT2D eigenvalue weighted by Gasteiger charge is -2.71. The molecule has 2 unspecified atom stereocenters. The van der Waals surface area contributed by atoms with E-state index in [0.29, 0.717) is 23.7 Å². The van der Waals surface area contributed by atoms with E-state index in [9.17, 15) is 0 Å². The van der Waals surface area contributed by atoms with Crippen molar-refractivity contribution in [2.75, 3.05) is 0 Å². The van der Waals surface area contributed by atoms with E-state index < -0.39 is 0 Å². The molecule has 0 amide bonds. The molecule has 0 spiro atoms. The van der Waals surface area contributed by atoms with Crippen LogP contribution in [0.1, 0.15) is 57.1 Å². The van der Waals surface area contributed by atoms with Crippen molar-refractivity contribution in [3.8, 4) is 0 Å². The maximum atomic E-state index is 5.38. The molecule has 0 radical (unpaired) electrons. The number of fused-ring (bicyclic) bond motifs is 2. The molecule has 2 nitrogen and oxygen atoms in total. The van der Waals surface area contributed by atoms with Crippen molar-refractivity contribution in [1.82, 2.24) is 0 Å². The highest BCUT2D eigenvalue weighted by Gasteiger charge is 2.76. The zero-order chi connectivity index (χ0) is 22.3. The van der Waals surface area contributed by atoms with Gasteiger partial charge in [0.2, 0.25) is 0 Å². The molecule has 4 aromatic carbocycles. The summed E-state index contributed by atoms with van der Waals surface area (Å²) in [6.07, 6.45) is 1.90. The molecule has 2 aliphatic heterocycles. The summed E-state index contributed by atoms with van der Waals surface area (Å²) in [7, 11) is 0. The minimum atomic E-state index is -0.210. The van der Waals surface area contributed by atoms with Crippen LogP contribution in [0.2, 0.25) is 0 Å². The molecular formula is C32H26N2. The normalized spacial score (nSPS) is 33.1. The predicted octanol–water partition coefficient (Wildman–Crippen LogP) is 7.19. The van der Waals surface area contributed by atoms with Crippen LogP contribution in [0.3, 0.4) is 0 Å². The van der Waals surface area contributed by atoms with Crippen LogP contribution in [0.15, 0.2) is 119 Å². The first-order chi connectivity index (χ1) is 16.8. The fraction of sp³-hybridized carbons (Fsp3) is 0.250. The third-order valence-electron chi connectivity index (χ3n) is 9.24. The monoisotopic (exact) mass is 438 g/mol. The second kappa shape index (κ2) is 6.54. The Morgan fingerprint density at radius 2 is 0.706 bits per heavy atom. The zero-order valence-electron chi connectivity index (χ0n) is 19.0. The summed E-state index contributed by atoms with van der Waals surface area (Å²) in [5.74, 6) is 1.67. The van der Waals surface area contributed by atoms with Gasteiger partial charge in [0, 0.05) is 36.5 Å². The smallest absolute Gasteiger partial charge is 0.101 e. The van der Waals surface area contributed by atoms with Crippen molar-refractivity contribution in [3.05, 3.63) is 143 Å². The van der Waals surface area contributed by atoms with Crippen molar-refractivity contribution >= 4 is 0 Å². The average Bonchev–Trinajstić information content (AvgIpc) is 2.85. The summed E-state index contributed by atoms with van der Waals surface area (Å²) in [5, 5.41) is 10.8. The van der Waals surface area contributed by atoms with E-state index in [4.69, 9.17) is 10.2 Å². The molecule has 6 atom stereocenters. The molecule has 0 saturated heterocycles. The van der Waals surface area contributed by atoms with Gasteiger partial charge in [-0.3, -0.25) is 0 Å². The molecule has 34 heavy (non-hydrogen) atoms. The first-order valence-electron chi connectivity index (χ1n) is 12.5. The van der Waals surface area contributed by atoms with Gasteiger partial charge in [-0.25, -0.2) is 0 Å². The molecule has 1 fully saturated rings. The van der Waals surface area contributed by atoms with Gasteiger partial charge in [0.25, 0.3) is 0 Å². The molecule has 1 saturated carbocycles. The lowest BCUT2D eigenvalue weighted by Crippen LogP contribution is -2.70. The molecular weight excluding hydrogens is 412 g/mol. The first-order valence-corrected chi connectivity index (χ1v) is 12.5. The summed E-state index contributed by atoms with van der Waals surface area (Å²) in [6.45, 7) is 0. The van der Waals surface area contributed by atoms with E-state index >= 15 is 0 Å². The van der Waals surface area contributed by atoms with Gasteiger partial charge in [0.1, 0.15) is 11.1 Å². The maximum absolute atomic E-state index is 5.38. The molecule has 5 aliphatic rings. The third-order valence-corrected chi connectivity index (χ3v) is 9.24. The molecule has 2 bridgehead atoms. The summed E-state index contributed by atoms with van der Waals surface area (Å²) >= 11 is 0. The lowest BCUT2D eigenvalue weighted by atomic mass is 9.35. The van der Waals surface area contributed by atoms with E-state index in [1.54, 1.807) is 0 Å². The van der Waals surface area contributed by atoms with Crippen molar-refractivity contribution in [3.63, 3.8) is 0 Å². The van der Waals surface area contributed by atoms with Gasteiger partial charge in [-0.05, 0) is 33.4 Å². The van der Waals surface area contributed by atoms with Gasteiger partial charge in [-0.15, -0.1) is 0 Å². The van der Waals surface area contributed by atoms with Gasteiger partial charge >= 0.3 is 0 Å². The lowest BCUT2D eigenvalue weighted by molar-refractivity contribution is -0.00126. The standard InChI is InChI=1S/C32H26N2/c1-3-11-21(12-4-1)19-31-27-23-15-7-9-17-25(23)29(27)32(34-33-31,20-22-13-5-2-6-14-22)30-26-18-10-8-16-24(26)28(30)31/h1-18,27-30H,19-20H2/t27-,28+,29-,30+,31?,32?. The quantitative estimate of drug-likeness (QED) is 0.322. The Labute approximate surface area is 200 Å². The van der Waals surface area contributed by atoms with Crippen LogP contribution in [-0.4, -0.2) is 11.1 Å². The molecule has 0 N–H and O–H groups in total. The topological polar surface area (TPSA) is 24.7 Å². The number of nitrogens with zero attached hydrogens (tertiary/aromatic N) is 2. The van der Waals surface area contributed by atoms with Gasteiger partial charge in [-0.2, -0.15) is 10.2 Å². The van der Waals surface area contributed by atoms with Crippen LogP contribution >= 0.6 is 0 Å². The Hall–Kier alpha value is -3.52. The molecule has 2 heteroatoms. The Morgan fingerprint density at radius 3 is 1.03 bits per heavy atom. The van der Waals surface area contributed by atoms with Gasteiger partial charge in [0.15, 0.2) is 0 Å². The minimum Gasteiger partial charge on any atom is -0.185 e. The average molecular weight is 439 g/mol. The molecule has 164 valence electrons. The van der Waals surface area contributed by atoms with Gasteiger partial charge in [0.05, 0.1) is 0 Å². The number of hydrogen-bond donors (Lipinski definition) is 0. The minimum absolute atomic E-state index is 0.210. The Bertz CT molecular complexity index is 1270. The Morgan fingerprint density at radius 1 is 0.412 bits per heavy atom. The SMILES string of the molecule is c1ccc(CC23N=NC(Cc4ccccc4)([C@@H]4c5ccccc5[C@H]42)[C@H]2c4ccccc4[C@@H]23)cc1. The molecule has 3 aliphatic carbocycles. The first kappa shape index (κ1) is 18.9. The van der Waals surface area contributed by atoms with E-state index in [2.05, 4.69) is 109 Å². The van der Waals surface area contributed by atoms with Crippen LogP contribution in [0.5, 0.6) is 0 Å². The number of benzene rings is 4. The number of rotatable bonds is 4. The van der Waals surface area contributed by atoms with Crippen LogP contribution < -0.4 is 0 Å². The fourth-order valence-corrected chi connectivity index (χ4v) is 8.09. The molecule has 9 rings (SSSR count). The van der Waals surface area contributed by atoms with Crippen molar-refractivity contribution in [2.45, 2.75) is 47.6 Å². The van der Waals surface area contributed by atoms with Gasteiger partial charge < -0.3 is 0 Å². The van der Waals surface area contributed by atoms with Crippen molar-refractivity contribution in [1.29, 1.82) is 0 Å². The van der Waals surface area contributed by atoms with Crippen molar-refractivity contribution < 1.29 is 0 Å². The summed E-state index contributed by atoms with van der Waals surface area (Å²) in [6, 6.07) is 40.2. The summed E-state index contributed by atoms with van der Waals surface area (Å²) in [4.78, 5) is 0. The van der Waals surface area contributed by atoms with Crippen LogP contribution in [0.25, 0.3) is 0 Å². The van der Waals surface area contributed by atoms with Crippen LogP contribution in [0.4, 0.5) is 0 Å². The highest BCUT2D eigenvalue weighted by Crippen LogP contribution is 2.78. The van der Waals surface area contributed by atoms with Crippen molar-refractivity contribution in [2.24, 2.45) is 10.2 Å². The largest absolute Gasteiger partial charge is 0.185 e. The third kappa shape index (κ3) is 2.17. The summed E-state index contributed by atoms with van der Waals surface area (Å²) < 4.78 is 0. The zero-order valence-corrected chi connectivity index (χ0v) is 19.0. The highest BCUT2D eigenvalue weighted by molar-refractivity contribution is 5.64. The van der Waals surface area contributed by atoms with Gasteiger partial charge in [-0.1, -0.05) is 109 Å². The fourth-order valence-electron chi connectivity index (χ4n) is 8.09. The Kier molecular flexibility index (Phi) is 3.63. The molecule has 4 aromatic rings. The molecule has 0 aromatic heterocycles. The van der Waals surface area contributed by atoms with Crippen LogP contribution in [0, 0.1) is 0 Å². The van der Waals surface area contributed by atoms with E-state index in [1.165, 1.54) is 33.4 Å². The van der Waals surface area contributed by atoms with E-state index in [0.717, 1.165) is 12.8 Å². The number of azo groups is 1. The van der Waals surface area contributed by atoms with E-state index in [-0.39, 0.29) is 11.1 Å². The predicted molar refractivity (Wildman–Crippen MR) is 134 cm³/mol. The Balaban J connectivity index is 1.38. The highest BCUT2D eigenvalue weighted by atomic mass is 15.3. The second-order valence-corrected chi connectivity index (χ2v) is 10.7. The second-order valence-electron chi connectivity index (χ2n) is 10.7. The maximum Gasteiger partial charge on any atom is 0.101 e. The van der Waals surface area contributed by atoms with Crippen LogP contribution in [-0.2, 0) is 12.8 Å². The number of hydrogen-bond acceptors (Lipinski definition) is 2.